The van der Waals surface area contributed by atoms with Gasteiger partial charge in [-0.1, -0.05) is 35.3 Å². The van der Waals surface area contributed by atoms with Crippen LogP contribution in [0.2, 0.25) is 10.0 Å². The molecule has 0 fully saturated rings. The number of aromatic carboxylic acids is 1. The normalized spacial score (nSPS) is 10.8. The Morgan fingerprint density at radius 3 is 2.64 bits per heavy atom. The summed E-state index contributed by atoms with van der Waals surface area (Å²) in [4.78, 5) is 15.5. The Bertz CT molecular complexity index is 910. The lowest BCUT2D eigenvalue weighted by Crippen LogP contribution is -2.00. The molecular formula is C16H10Cl2N2O2. The van der Waals surface area contributed by atoms with Crippen molar-refractivity contribution >= 4 is 45.8 Å². The Hall–Kier alpha value is -2.30. The first-order valence-corrected chi connectivity index (χ1v) is 7.11. The lowest BCUT2D eigenvalue weighted by Gasteiger charge is -2.13. The number of nitrogens with two attached hydrogens (primary N) is 1. The maximum absolute atomic E-state index is 11.3. The van der Waals surface area contributed by atoms with Crippen LogP contribution in [0.3, 0.4) is 0 Å². The fraction of sp³-hybridized carbons (Fsp3) is 0. The predicted octanol–water partition coefficient (Wildman–Crippen LogP) is 4.49. The number of halogens is 2. The molecule has 0 spiro atoms. The number of fused-ring (bicyclic) bond motifs is 1. The lowest BCUT2D eigenvalue weighted by molar-refractivity contribution is 0.0699. The van der Waals surface area contributed by atoms with E-state index >= 15 is 0 Å². The number of pyridine rings is 1. The fourth-order valence-corrected chi connectivity index (χ4v) is 2.83. The molecule has 1 aromatic heterocycles. The van der Waals surface area contributed by atoms with Crippen LogP contribution in [0.5, 0.6) is 0 Å². The minimum absolute atomic E-state index is 0.121. The van der Waals surface area contributed by atoms with Gasteiger partial charge in [0.25, 0.3) is 0 Å². The standard InChI is InChI=1S/C16H10Cl2N2O2/c17-11-5-6-12(19)13(14(11)18)8-3-4-10(16(21)22)15-9(8)2-1-7-20-15/h1-7H,19H2,(H,21,22). The number of benzene rings is 2. The smallest absolute Gasteiger partial charge is 0.337 e. The molecule has 0 saturated carbocycles. The van der Waals surface area contributed by atoms with Crippen molar-refractivity contribution in [2.75, 3.05) is 5.73 Å². The maximum Gasteiger partial charge on any atom is 0.337 e. The first-order valence-electron chi connectivity index (χ1n) is 6.35. The topological polar surface area (TPSA) is 76.2 Å². The van der Waals surface area contributed by atoms with E-state index in [4.69, 9.17) is 28.9 Å². The van der Waals surface area contributed by atoms with E-state index in [2.05, 4.69) is 4.98 Å². The van der Waals surface area contributed by atoms with E-state index in [-0.39, 0.29) is 5.56 Å². The molecule has 0 aliphatic rings. The molecule has 0 amide bonds. The average molecular weight is 333 g/mol. The van der Waals surface area contributed by atoms with Gasteiger partial charge in [0.1, 0.15) is 0 Å². The Kier molecular flexibility index (Phi) is 3.64. The number of carbonyl (C=O) groups is 1. The minimum Gasteiger partial charge on any atom is -0.478 e. The van der Waals surface area contributed by atoms with Gasteiger partial charge in [0.15, 0.2) is 0 Å². The van der Waals surface area contributed by atoms with Crippen LogP contribution >= 0.6 is 23.2 Å². The van der Waals surface area contributed by atoms with E-state index in [1.54, 1.807) is 36.5 Å². The summed E-state index contributed by atoms with van der Waals surface area (Å²) in [6.07, 6.45) is 1.54. The van der Waals surface area contributed by atoms with Crippen LogP contribution in [0.15, 0.2) is 42.6 Å². The number of aromatic nitrogens is 1. The van der Waals surface area contributed by atoms with Gasteiger partial charge < -0.3 is 10.8 Å². The summed E-state index contributed by atoms with van der Waals surface area (Å²) in [5.74, 6) is -1.04. The van der Waals surface area contributed by atoms with E-state index in [0.29, 0.717) is 37.8 Å². The highest BCUT2D eigenvalue weighted by atomic mass is 35.5. The van der Waals surface area contributed by atoms with Gasteiger partial charge >= 0.3 is 5.97 Å². The molecule has 3 rings (SSSR count). The Labute approximate surface area is 136 Å². The first kappa shape index (κ1) is 14.6. The summed E-state index contributed by atoms with van der Waals surface area (Å²) >= 11 is 12.4. The highest BCUT2D eigenvalue weighted by molar-refractivity contribution is 6.44. The van der Waals surface area contributed by atoms with Gasteiger partial charge in [-0.3, -0.25) is 4.98 Å². The molecule has 4 nitrogen and oxygen atoms in total. The van der Waals surface area contributed by atoms with E-state index in [0.717, 1.165) is 0 Å². The molecule has 110 valence electrons. The van der Waals surface area contributed by atoms with Gasteiger partial charge in [0.2, 0.25) is 0 Å². The molecular weight excluding hydrogens is 323 g/mol. The number of nitrogens with zero attached hydrogens (tertiary/aromatic N) is 1. The zero-order valence-corrected chi connectivity index (χ0v) is 12.7. The Morgan fingerprint density at radius 2 is 1.91 bits per heavy atom. The molecule has 22 heavy (non-hydrogen) atoms. The second kappa shape index (κ2) is 5.48. The lowest BCUT2D eigenvalue weighted by atomic mass is 9.96. The quantitative estimate of drug-likeness (QED) is 0.678. The molecule has 3 aromatic rings. The zero-order chi connectivity index (χ0) is 15.9. The van der Waals surface area contributed by atoms with Crippen LogP contribution in [0, 0.1) is 0 Å². The number of carboxylic acid groups (broad SMARTS) is 1. The largest absolute Gasteiger partial charge is 0.478 e. The van der Waals surface area contributed by atoms with Crippen LogP contribution < -0.4 is 5.73 Å². The van der Waals surface area contributed by atoms with Crippen molar-refractivity contribution in [3.05, 3.63) is 58.2 Å². The molecule has 0 atom stereocenters. The molecule has 6 heteroatoms. The molecule has 0 bridgehead atoms. The summed E-state index contributed by atoms with van der Waals surface area (Å²) in [6, 6.07) is 9.95. The highest BCUT2D eigenvalue weighted by Crippen LogP contribution is 2.41. The predicted molar refractivity (Wildman–Crippen MR) is 88.6 cm³/mol. The Balaban J connectivity index is 2.42. The number of carboxylic acids is 1. The van der Waals surface area contributed by atoms with E-state index in [9.17, 15) is 9.90 Å². The molecule has 0 aliphatic heterocycles. The van der Waals surface area contributed by atoms with Crippen molar-refractivity contribution in [3.8, 4) is 11.1 Å². The van der Waals surface area contributed by atoms with Gasteiger partial charge in [-0.15, -0.1) is 0 Å². The van der Waals surface area contributed by atoms with Crippen molar-refractivity contribution in [1.82, 2.24) is 4.98 Å². The number of rotatable bonds is 2. The molecule has 3 N–H and O–H groups in total. The zero-order valence-electron chi connectivity index (χ0n) is 11.2. The molecule has 0 unspecified atom stereocenters. The van der Waals surface area contributed by atoms with E-state index in [1.165, 1.54) is 6.07 Å². The number of hydrogen-bond acceptors (Lipinski definition) is 3. The van der Waals surface area contributed by atoms with Crippen LogP contribution in [0.4, 0.5) is 5.69 Å². The minimum atomic E-state index is -1.04. The number of nitrogen functional groups attached to an aromatic ring is 1. The monoisotopic (exact) mass is 332 g/mol. The summed E-state index contributed by atoms with van der Waals surface area (Å²) in [7, 11) is 0. The van der Waals surface area contributed by atoms with Crippen molar-refractivity contribution in [2.45, 2.75) is 0 Å². The summed E-state index contributed by atoms with van der Waals surface area (Å²) in [6.45, 7) is 0. The Morgan fingerprint density at radius 1 is 1.14 bits per heavy atom. The first-order chi connectivity index (χ1) is 10.5. The van der Waals surface area contributed by atoms with Crippen molar-refractivity contribution < 1.29 is 9.90 Å². The maximum atomic E-state index is 11.3. The molecule has 0 aliphatic carbocycles. The number of anilines is 1. The van der Waals surface area contributed by atoms with Crippen LogP contribution in [-0.2, 0) is 0 Å². The van der Waals surface area contributed by atoms with Crippen LogP contribution in [-0.4, -0.2) is 16.1 Å². The van der Waals surface area contributed by atoms with Gasteiger partial charge in [-0.05, 0) is 29.8 Å². The van der Waals surface area contributed by atoms with Gasteiger partial charge in [0.05, 0.1) is 21.1 Å². The second-order valence-electron chi connectivity index (χ2n) is 4.69. The van der Waals surface area contributed by atoms with Gasteiger partial charge in [0, 0.05) is 22.8 Å². The third-order valence-corrected chi connectivity index (χ3v) is 4.20. The second-order valence-corrected chi connectivity index (χ2v) is 5.48. The summed E-state index contributed by atoms with van der Waals surface area (Å²) in [5, 5.41) is 10.6. The van der Waals surface area contributed by atoms with Gasteiger partial charge in [-0.2, -0.15) is 0 Å². The summed E-state index contributed by atoms with van der Waals surface area (Å²) < 4.78 is 0. The molecule has 1 heterocycles. The number of hydrogen-bond donors (Lipinski definition) is 2. The molecule has 0 saturated heterocycles. The van der Waals surface area contributed by atoms with Crippen molar-refractivity contribution in [2.24, 2.45) is 0 Å². The van der Waals surface area contributed by atoms with E-state index < -0.39 is 5.97 Å². The van der Waals surface area contributed by atoms with Gasteiger partial charge in [-0.25, -0.2) is 4.79 Å². The third kappa shape index (κ3) is 2.26. The van der Waals surface area contributed by atoms with Crippen LogP contribution in [0.25, 0.3) is 22.0 Å². The highest BCUT2D eigenvalue weighted by Gasteiger charge is 2.17. The fourth-order valence-electron chi connectivity index (χ4n) is 2.40. The average Bonchev–Trinajstić information content (AvgIpc) is 2.51. The third-order valence-electron chi connectivity index (χ3n) is 3.40. The molecule has 2 aromatic carbocycles. The summed E-state index contributed by atoms with van der Waals surface area (Å²) in [5.41, 5.74) is 8.26. The molecule has 0 radical (unpaired) electrons. The van der Waals surface area contributed by atoms with E-state index in [1.807, 2.05) is 0 Å². The van der Waals surface area contributed by atoms with Crippen molar-refractivity contribution in [1.29, 1.82) is 0 Å². The van der Waals surface area contributed by atoms with Crippen molar-refractivity contribution in [3.63, 3.8) is 0 Å². The van der Waals surface area contributed by atoms with Crippen LogP contribution in [0.1, 0.15) is 10.4 Å². The SMILES string of the molecule is Nc1ccc(Cl)c(Cl)c1-c1ccc(C(=O)O)c2ncccc12.